The Morgan fingerprint density at radius 2 is 2.18 bits per heavy atom. The van der Waals surface area contributed by atoms with Gasteiger partial charge in [0.25, 0.3) is 0 Å². The molecule has 0 spiro atoms. The lowest BCUT2D eigenvalue weighted by Crippen LogP contribution is -2.08. The minimum Gasteiger partial charge on any atom is -0.323 e. The van der Waals surface area contributed by atoms with E-state index >= 15 is 0 Å². The number of benzene rings is 1. The lowest BCUT2D eigenvalue weighted by atomic mass is 10.2. The van der Waals surface area contributed by atoms with Gasteiger partial charge < -0.3 is 5.73 Å². The van der Waals surface area contributed by atoms with Gasteiger partial charge in [-0.1, -0.05) is 16.8 Å². The number of hydrogen-bond acceptors (Lipinski definition) is 3. The summed E-state index contributed by atoms with van der Waals surface area (Å²) < 4.78 is 14.7. The first kappa shape index (κ1) is 12.0. The van der Waals surface area contributed by atoms with Crippen molar-refractivity contribution in [3.05, 3.63) is 40.4 Å². The molecule has 1 aromatic heterocycles. The van der Waals surface area contributed by atoms with Gasteiger partial charge in [0.05, 0.1) is 16.4 Å². The molecular weight excluding hydrogens is 243 g/mol. The van der Waals surface area contributed by atoms with E-state index in [-0.39, 0.29) is 11.9 Å². The van der Waals surface area contributed by atoms with Crippen LogP contribution in [0.5, 0.6) is 0 Å². The number of aromatic nitrogens is 3. The summed E-state index contributed by atoms with van der Waals surface area (Å²) in [6.07, 6.45) is 0. The van der Waals surface area contributed by atoms with Crippen LogP contribution in [0.1, 0.15) is 24.4 Å². The Morgan fingerprint density at radius 3 is 2.76 bits per heavy atom. The fourth-order valence-corrected chi connectivity index (χ4v) is 1.84. The first-order chi connectivity index (χ1) is 8.00. The first-order valence-corrected chi connectivity index (χ1v) is 5.51. The van der Waals surface area contributed by atoms with Gasteiger partial charge in [0.2, 0.25) is 0 Å². The molecule has 4 nitrogen and oxygen atoms in total. The zero-order chi connectivity index (χ0) is 12.6. The molecule has 0 saturated carbocycles. The molecular formula is C11H12ClFN4. The summed E-state index contributed by atoms with van der Waals surface area (Å²) in [6, 6.07) is 3.87. The Labute approximate surface area is 103 Å². The van der Waals surface area contributed by atoms with Crippen LogP contribution in [-0.2, 0) is 0 Å². The Bertz CT molecular complexity index is 550. The molecule has 0 aliphatic rings. The van der Waals surface area contributed by atoms with Crippen LogP contribution in [0.25, 0.3) is 5.69 Å². The van der Waals surface area contributed by atoms with Gasteiger partial charge in [-0.05, 0) is 26.0 Å². The van der Waals surface area contributed by atoms with E-state index in [4.69, 9.17) is 17.3 Å². The van der Waals surface area contributed by atoms with Crippen LogP contribution >= 0.6 is 11.6 Å². The molecule has 2 rings (SSSR count). The topological polar surface area (TPSA) is 56.7 Å². The van der Waals surface area contributed by atoms with Crippen molar-refractivity contribution in [3.63, 3.8) is 0 Å². The number of rotatable bonds is 2. The molecule has 0 amide bonds. The molecule has 2 N–H and O–H groups in total. The Hall–Kier alpha value is -1.46. The summed E-state index contributed by atoms with van der Waals surface area (Å²) in [5.41, 5.74) is 7.64. The number of hydrogen-bond donors (Lipinski definition) is 1. The van der Waals surface area contributed by atoms with Gasteiger partial charge in [0.1, 0.15) is 11.5 Å². The van der Waals surface area contributed by atoms with Crippen LogP contribution in [0.2, 0.25) is 5.02 Å². The summed E-state index contributed by atoms with van der Waals surface area (Å²) in [7, 11) is 0. The molecule has 0 aliphatic heterocycles. The maximum absolute atomic E-state index is 13.2. The number of halogens is 2. The van der Waals surface area contributed by atoms with Gasteiger partial charge in [0.15, 0.2) is 0 Å². The highest BCUT2D eigenvalue weighted by atomic mass is 35.5. The minimum atomic E-state index is -0.373. The molecule has 0 aliphatic carbocycles. The quantitative estimate of drug-likeness (QED) is 0.895. The van der Waals surface area contributed by atoms with Crippen LogP contribution < -0.4 is 5.73 Å². The van der Waals surface area contributed by atoms with Crippen molar-refractivity contribution >= 4 is 11.6 Å². The van der Waals surface area contributed by atoms with Crippen LogP contribution in [-0.4, -0.2) is 15.0 Å². The van der Waals surface area contributed by atoms with E-state index in [2.05, 4.69) is 10.3 Å². The average Bonchev–Trinajstić information content (AvgIpc) is 2.64. The zero-order valence-corrected chi connectivity index (χ0v) is 10.2. The molecule has 1 unspecified atom stereocenters. The molecule has 17 heavy (non-hydrogen) atoms. The second kappa shape index (κ2) is 4.43. The number of nitrogens with two attached hydrogens (primary N) is 1. The van der Waals surface area contributed by atoms with E-state index < -0.39 is 0 Å². The summed E-state index contributed by atoms with van der Waals surface area (Å²) in [5.74, 6) is -0.373. The minimum absolute atomic E-state index is 0.226. The van der Waals surface area contributed by atoms with E-state index in [1.807, 2.05) is 13.8 Å². The highest BCUT2D eigenvalue weighted by Crippen LogP contribution is 2.23. The third-order valence-corrected chi connectivity index (χ3v) is 2.82. The molecule has 1 heterocycles. The summed E-state index contributed by atoms with van der Waals surface area (Å²) >= 11 is 6.01. The largest absolute Gasteiger partial charge is 0.323 e. The lowest BCUT2D eigenvalue weighted by Gasteiger charge is -2.07. The van der Waals surface area contributed by atoms with Crippen molar-refractivity contribution in [2.75, 3.05) is 0 Å². The lowest BCUT2D eigenvalue weighted by molar-refractivity contribution is 0.624. The molecule has 0 saturated heterocycles. The van der Waals surface area contributed by atoms with E-state index in [1.54, 1.807) is 0 Å². The van der Waals surface area contributed by atoms with Gasteiger partial charge in [0, 0.05) is 12.1 Å². The second-order valence-electron chi connectivity index (χ2n) is 3.86. The van der Waals surface area contributed by atoms with Crippen LogP contribution in [0.3, 0.4) is 0 Å². The predicted molar refractivity (Wildman–Crippen MR) is 63.7 cm³/mol. The second-order valence-corrected chi connectivity index (χ2v) is 4.26. The van der Waals surface area contributed by atoms with E-state index in [9.17, 15) is 4.39 Å². The molecule has 1 atom stereocenters. The third kappa shape index (κ3) is 2.16. The highest BCUT2D eigenvalue weighted by molar-refractivity contribution is 6.32. The van der Waals surface area contributed by atoms with E-state index in [1.165, 1.54) is 22.9 Å². The van der Waals surface area contributed by atoms with Gasteiger partial charge in [-0.25, -0.2) is 9.07 Å². The third-order valence-electron chi connectivity index (χ3n) is 2.50. The van der Waals surface area contributed by atoms with Crippen LogP contribution in [0.4, 0.5) is 4.39 Å². The van der Waals surface area contributed by atoms with Crippen molar-refractivity contribution < 1.29 is 4.39 Å². The summed E-state index contributed by atoms with van der Waals surface area (Å²) in [6.45, 7) is 3.63. The SMILES string of the molecule is Cc1c(C(C)N)nnn1-c1cc(F)ccc1Cl. The fourth-order valence-electron chi connectivity index (χ4n) is 1.64. The van der Waals surface area contributed by atoms with E-state index in [0.717, 1.165) is 5.69 Å². The van der Waals surface area contributed by atoms with Gasteiger partial charge in [-0.15, -0.1) is 5.10 Å². The van der Waals surface area contributed by atoms with Gasteiger partial charge >= 0.3 is 0 Å². The van der Waals surface area contributed by atoms with E-state index in [0.29, 0.717) is 16.4 Å². The molecule has 0 bridgehead atoms. The number of nitrogens with zero attached hydrogens (tertiary/aromatic N) is 3. The van der Waals surface area contributed by atoms with Gasteiger partial charge in [-0.2, -0.15) is 0 Å². The normalized spacial score (nSPS) is 12.8. The summed E-state index contributed by atoms with van der Waals surface area (Å²) in [4.78, 5) is 0. The van der Waals surface area contributed by atoms with Crippen molar-refractivity contribution in [1.82, 2.24) is 15.0 Å². The zero-order valence-electron chi connectivity index (χ0n) is 9.48. The highest BCUT2D eigenvalue weighted by Gasteiger charge is 2.15. The monoisotopic (exact) mass is 254 g/mol. The van der Waals surface area contributed by atoms with Gasteiger partial charge in [-0.3, -0.25) is 0 Å². The average molecular weight is 255 g/mol. The summed E-state index contributed by atoms with van der Waals surface area (Å²) in [5, 5.41) is 8.33. The van der Waals surface area contributed by atoms with Crippen molar-refractivity contribution in [2.45, 2.75) is 19.9 Å². The Kier molecular flexibility index (Phi) is 3.13. The molecule has 2 aromatic rings. The molecule has 90 valence electrons. The predicted octanol–water partition coefficient (Wildman–Crippen LogP) is 2.39. The molecule has 6 heteroatoms. The molecule has 0 fully saturated rings. The Morgan fingerprint density at radius 1 is 1.47 bits per heavy atom. The fraction of sp³-hybridized carbons (Fsp3) is 0.273. The molecule has 0 radical (unpaired) electrons. The maximum Gasteiger partial charge on any atom is 0.125 e. The maximum atomic E-state index is 13.2. The first-order valence-electron chi connectivity index (χ1n) is 5.14. The van der Waals surface area contributed by atoms with Crippen LogP contribution in [0, 0.1) is 12.7 Å². The van der Waals surface area contributed by atoms with Crippen molar-refractivity contribution in [3.8, 4) is 5.69 Å². The van der Waals surface area contributed by atoms with Crippen molar-refractivity contribution in [1.29, 1.82) is 0 Å². The molecule has 1 aromatic carbocycles. The standard InChI is InChI=1S/C11H12ClFN4/c1-6(14)11-7(2)17(16-15-11)10-5-8(13)3-4-9(10)12/h3-6H,14H2,1-2H3. The van der Waals surface area contributed by atoms with Crippen LogP contribution in [0.15, 0.2) is 18.2 Å². The Balaban J connectivity index is 2.57. The smallest absolute Gasteiger partial charge is 0.125 e. The van der Waals surface area contributed by atoms with Crippen molar-refractivity contribution in [2.24, 2.45) is 5.73 Å².